The highest BCUT2D eigenvalue weighted by atomic mass is 16.2. The zero-order valence-corrected chi connectivity index (χ0v) is 13.5. The Morgan fingerprint density at radius 2 is 1.62 bits per heavy atom. The molecule has 0 bridgehead atoms. The minimum absolute atomic E-state index is 0.129. The number of pyridine rings is 1. The van der Waals surface area contributed by atoms with Gasteiger partial charge < -0.3 is 10.2 Å². The fraction of sp³-hybridized carbons (Fsp3) is 0.100. The zero-order chi connectivity index (χ0) is 16.8. The third-order valence-corrected chi connectivity index (χ3v) is 3.77. The summed E-state index contributed by atoms with van der Waals surface area (Å²) in [5, 5.41) is 3.30. The number of para-hydroxylation sites is 1. The van der Waals surface area contributed by atoms with Crippen molar-refractivity contribution in [2.75, 3.05) is 17.3 Å². The van der Waals surface area contributed by atoms with E-state index in [2.05, 4.69) is 22.4 Å². The molecule has 0 saturated heterocycles. The van der Waals surface area contributed by atoms with Crippen LogP contribution in [0.3, 0.4) is 0 Å². The molecule has 0 atom stereocenters. The van der Waals surface area contributed by atoms with Gasteiger partial charge in [0.25, 0.3) is 5.91 Å². The van der Waals surface area contributed by atoms with Crippen molar-refractivity contribution < 1.29 is 4.79 Å². The number of nitrogens with one attached hydrogen (secondary N) is 1. The van der Waals surface area contributed by atoms with E-state index in [1.54, 1.807) is 24.2 Å². The molecule has 0 aliphatic rings. The van der Waals surface area contributed by atoms with E-state index in [-0.39, 0.29) is 5.91 Å². The predicted molar refractivity (Wildman–Crippen MR) is 97.2 cm³/mol. The van der Waals surface area contributed by atoms with E-state index in [9.17, 15) is 4.79 Å². The second-order valence-corrected chi connectivity index (χ2v) is 5.47. The molecule has 0 aliphatic heterocycles. The number of anilines is 2. The molecular weight excluding hydrogens is 298 g/mol. The molecule has 2 aromatic carbocycles. The van der Waals surface area contributed by atoms with Gasteiger partial charge in [0.15, 0.2) is 0 Å². The van der Waals surface area contributed by atoms with E-state index in [4.69, 9.17) is 0 Å². The first-order valence-corrected chi connectivity index (χ1v) is 7.81. The van der Waals surface area contributed by atoms with E-state index in [0.29, 0.717) is 5.69 Å². The van der Waals surface area contributed by atoms with Gasteiger partial charge in [-0.2, -0.15) is 0 Å². The first-order chi connectivity index (χ1) is 11.7. The highest BCUT2D eigenvalue weighted by molar-refractivity contribution is 6.04. The van der Waals surface area contributed by atoms with E-state index in [1.165, 1.54) is 5.56 Å². The Balaban J connectivity index is 1.64. The normalized spacial score (nSPS) is 10.2. The van der Waals surface area contributed by atoms with Gasteiger partial charge in [0.1, 0.15) is 5.69 Å². The average molecular weight is 317 g/mol. The lowest BCUT2D eigenvalue weighted by Gasteiger charge is -2.16. The summed E-state index contributed by atoms with van der Waals surface area (Å²) in [6.07, 6.45) is 1.69. The van der Waals surface area contributed by atoms with Crippen LogP contribution < -0.4 is 10.2 Å². The molecule has 24 heavy (non-hydrogen) atoms. The molecule has 3 aromatic rings. The van der Waals surface area contributed by atoms with E-state index >= 15 is 0 Å². The number of amides is 1. The van der Waals surface area contributed by atoms with Crippen LogP contribution >= 0.6 is 0 Å². The number of hydrogen-bond donors (Lipinski definition) is 1. The largest absolute Gasteiger partial charge is 0.380 e. The van der Waals surface area contributed by atoms with Crippen molar-refractivity contribution in [3.8, 4) is 0 Å². The Hall–Kier alpha value is -3.14. The maximum Gasteiger partial charge on any atom is 0.276 e. The SMILES string of the molecule is CN(C(=O)c1ccc(NCc2ccccc2)cn1)c1ccccc1. The van der Waals surface area contributed by atoms with Crippen molar-refractivity contribution in [3.63, 3.8) is 0 Å². The van der Waals surface area contributed by atoms with Crippen molar-refractivity contribution in [1.29, 1.82) is 0 Å². The summed E-state index contributed by atoms with van der Waals surface area (Å²) in [5.41, 5.74) is 3.35. The first-order valence-electron chi connectivity index (χ1n) is 7.81. The Kier molecular flexibility index (Phi) is 4.87. The molecular formula is C20H19N3O. The second kappa shape index (κ2) is 7.42. The Labute approximate surface area is 141 Å². The number of nitrogens with zero attached hydrogens (tertiary/aromatic N) is 2. The summed E-state index contributed by atoms with van der Waals surface area (Å²) in [6, 6.07) is 23.3. The molecule has 0 fully saturated rings. The minimum atomic E-state index is -0.129. The molecule has 1 aromatic heterocycles. The minimum Gasteiger partial charge on any atom is -0.380 e. The standard InChI is InChI=1S/C20H19N3O/c1-23(18-10-6-3-7-11-18)20(24)19-13-12-17(15-22-19)21-14-16-8-4-2-5-9-16/h2-13,15,21H,14H2,1H3. The van der Waals surface area contributed by atoms with Crippen LogP contribution in [0.1, 0.15) is 16.1 Å². The highest BCUT2D eigenvalue weighted by Crippen LogP contribution is 2.15. The van der Waals surface area contributed by atoms with E-state index < -0.39 is 0 Å². The third-order valence-electron chi connectivity index (χ3n) is 3.77. The maximum absolute atomic E-state index is 12.5. The fourth-order valence-electron chi connectivity index (χ4n) is 2.37. The molecule has 1 heterocycles. The Bertz CT molecular complexity index is 786. The van der Waals surface area contributed by atoms with Gasteiger partial charge >= 0.3 is 0 Å². The molecule has 4 nitrogen and oxygen atoms in total. The number of carbonyl (C=O) groups is 1. The van der Waals surface area contributed by atoms with Crippen LogP contribution in [0.25, 0.3) is 0 Å². The number of benzene rings is 2. The van der Waals surface area contributed by atoms with Crippen LogP contribution in [0.15, 0.2) is 79.0 Å². The number of rotatable bonds is 5. The van der Waals surface area contributed by atoms with Crippen molar-refractivity contribution in [1.82, 2.24) is 4.98 Å². The molecule has 1 amide bonds. The summed E-state index contributed by atoms with van der Waals surface area (Å²) in [7, 11) is 1.75. The molecule has 120 valence electrons. The average Bonchev–Trinajstić information content (AvgIpc) is 2.67. The number of aromatic nitrogens is 1. The molecule has 0 radical (unpaired) electrons. The first kappa shape index (κ1) is 15.7. The Morgan fingerprint density at radius 1 is 0.958 bits per heavy atom. The molecule has 0 aliphatic carbocycles. The summed E-state index contributed by atoms with van der Waals surface area (Å²) in [5.74, 6) is -0.129. The zero-order valence-electron chi connectivity index (χ0n) is 13.5. The summed E-state index contributed by atoms with van der Waals surface area (Å²) in [4.78, 5) is 18.4. The lowest BCUT2D eigenvalue weighted by atomic mass is 10.2. The lowest BCUT2D eigenvalue weighted by molar-refractivity contribution is 0.0988. The van der Waals surface area contributed by atoms with Crippen LogP contribution in [0, 0.1) is 0 Å². The molecule has 3 rings (SSSR count). The molecule has 1 N–H and O–H groups in total. The maximum atomic E-state index is 12.5. The topological polar surface area (TPSA) is 45.2 Å². The second-order valence-electron chi connectivity index (χ2n) is 5.47. The monoisotopic (exact) mass is 317 g/mol. The van der Waals surface area contributed by atoms with Crippen molar-refractivity contribution in [3.05, 3.63) is 90.3 Å². The van der Waals surface area contributed by atoms with Crippen molar-refractivity contribution >= 4 is 17.3 Å². The molecule has 4 heteroatoms. The molecule has 0 unspecified atom stereocenters. The van der Waals surface area contributed by atoms with Gasteiger partial charge in [0.05, 0.1) is 11.9 Å². The fourth-order valence-corrected chi connectivity index (χ4v) is 2.37. The van der Waals surface area contributed by atoms with Crippen molar-refractivity contribution in [2.24, 2.45) is 0 Å². The van der Waals surface area contributed by atoms with Crippen LogP contribution in [-0.4, -0.2) is 17.9 Å². The van der Waals surface area contributed by atoms with Crippen LogP contribution in [0.4, 0.5) is 11.4 Å². The van der Waals surface area contributed by atoms with E-state index in [0.717, 1.165) is 17.9 Å². The molecule has 0 spiro atoms. The van der Waals surface area contributed by atoms with Gasteiger partial charge in [0.2, 0.25) is 0 Å². The van der Waals surface area contributed by atoms with Crippen LogP contribution in [0.2, 0.25) is 0 Å². The van der Waals surface area contributed by atoms with Crippen molar-refractivity contribution in [2.45, 2.75) is 6.54 Å². The summed E-state index contributed by atoms with van der Waals surface area (Å²) < 4.78 is 0. The van der Waals surface area contributed by atoms with Gasteiger partial charge in [-0.1, -0.05) is 48.5 Å². The van der Waals surface area contributed by atoms with Gasteiger partial charge in [0, 0.05) is 19.3 Å². The number of hydrogen-bond acceptors (Lipinski definition) is 3. The summed E-state index contributed by atoms with van der Waals surface area (Å²) in [6.45, 7) is 0.722. The Morgan fingerprint density at radius 3 is 2.25 bits per heavy atom. The smallest absolute Gasteiger partial charge is 0.276 e. The number of carbonyl (C=O) groups excluding carboxylic acids is 1. The van der Waals surface area contributed by atoms with Gasteiger partial charge in [-0.15, -0.1) is 0 Å². The van der Waals surface area contributed by atoms with Crippen LogP contribution in [-0.2, 0) is 6.54 Å². The lowest BCUT2D eigenvalue weighted by Crippen LogP contribution is -2.26. The van der Waals surface area contributed by atoms with E-state index in [1.807, 2.05) is 54.6 Å². The predicted octanol–water partition coefficient (Wildman–Crippen LogP) is 3.97. The van der Waals surface area contributed by atoms with Gasteiger partial charge in [-0.25, -0.2) is 4.98 Å². The van der Waals surface area contributed by atoms with Gasteiger partial charge in [-0.05, 0) is 29.8 Å². The third kappa shape index (κ3) is 3.79. The summed E-state index contributed by atoms with van der Waals surface area (Å²) >= 11 is 0. The highest BCUT2D eigenvalue weighted by Gasteiger charge is 2.14. The quantitative estimate of drug-likeness (QED) is 0.774. The van der Waals surface area contributed by atoms with Crippen LogP contribution in [0.5, 0.6) is 0 Å². The van der Waals surface area contributed by atoms with Gasteiger partial charge in [-0.3, -0.25) is 4.79 Å². The molecule has 0 saturated carbocycles.